The van der Waals surface area contributed by atoms with Crippen molar-refractivity contribution in [2.45, 2.75) is 58.4 Å². The quantitative estimate of drug-likeness (QED) is 0.585. The van der Waals surface area contributed by atoms with E-state index < -0.39 is 5.97 Å². The number of hydrogen-bond acceptors (Lipinski definition) is 3. The highest BCUT2D eigenvalue weighted by atomic mass is 16.4. The zero-order valence-corrected chi connectivity index (χ0v) is 11.4. The van der Waals surface area contributed by atoms with Crippen LogP contribution in [0.2, 0.25) is 0 Å². The molecule has 1 amide bonds. The fourth-order valence-electron chi connectivity index (χ4n) is 2.04. The van der Waals surface area contributed by atoms with Gasteiger partial charge in [0.2, 0.25) is 5.91 Å². The molecule has 0 unspecified atom stereocenters. The molecule has 5 nitrogen and oxygen atoms in total. The monoisotopic (exact) mass is 259 g/mol. The van der Waals surface area contributed by atoms with Gasteiger partial charge in [-0.2, -0.15) is 0 Å². The fraction of sp³-hybridized carbons (Fsp3) is 0.846. The number of carbonyl (C=O) groups excluding carboxylic acids is 1. The predicted molar refractivity (Wildman–Crippen MR) is 69.3 cm³/mol. The maximum absolute atomic E-state index is 12.0. The number of carboxylic acid groups (broad SMARTS) is 1. The maximum atomic E-state index is 12.0. The van der Waals surface area contributed by atoms with E-state index >= 15 is 0 Å². The number of aliphatic hydroxyl groups is 1. The maximum Gasteiger partial charge on any atom is 0.303 e. The first-order chi connectivity index (χ1) is 8.56. The van der Waals surface area contributed by atoms with Gasteiger partial charge in [-0.3, -0.25) is 9.59 Å². The van der Waals surface area contributed by atoms with E-state index in [1.165, 1.54) is 0 Å². The fourth-order valence-corrected chi connectivity index (χ4v) is 2.04. The van der Waals surface area contributed by atoms with Crippen LogP contribution in [0.5, 0.6) is 0 Å². The summed E-state index contributed by atoms with van der Waals surface area (Å²) in [6.07, 6.45) is 3.33. The van der Waals surface area contributed by atoms with Crippen LogP contribution in [0, 0.1) is 0 Å². The standard InChI is InChI=1S/C13H25NO4/c1-3-11(4-2)14(9-10-15)12(16)7-5-6-8-13(17)18/h11,15H,3-10H2,1-2H3,(H,17,18). The van der Waals surface area contributed by atoms with Crippen LogP contribution < -0.4 is 0 Å². The van der Waals surface area contributed by atoms with Crippen molar-refractivity contribution in [1.29, 1.82) is 0 Å². The van der Waals surface area contributed by atoms with Crippen LogP contribution in [0.25, 0.3) is 0 Å². The van der Waals surface area contributed by atoms with Gasteiger partial charge >= 0.3 is 5.97 Å². The predicted octanol–water partition coefficient (Wildman–Crippen LogP) is 1.64. The van der Waals surface area contributed by atoms with E-state index in [4.69, 9.17) is 10.2 Å². The zero-order valence-electron chi connectivity index (χ0n) is 11.4. The van der Waals surface area contributed by atoms with Crippen LogP contribution in [-0.2, 0) is 9.59 Å². The largest absolute Gasteiger partial charge is 0.481 e. The average Bonchev–Trinajstić information content (AvgIpc) is 2.34. The van der Waals surface area contributed by atoms with Gasteiger partial charge < -0.3 is 15.1 Å². The topological polar surface area (TPSA) is 77.8 Å². The highest BCUT2D eigenvalue weighted by Gasteiger charge is 2.19. The van der Waals surface area contributed by atoms with Crippen LogP contribution in [0.1, 0.15) is 52.4 Å². The molecule has 0 aromatic heterocycles. The molecule has 0 saturated heterocycles. The Kier molecular flexibility index (Phi) is 9.28. The van der Waals surface area contributed by atoms with Crippen LogP contribution >= 0.6 is 0 Å². The van der Waals surface area contributed by atoms with Crippen molar-refractivity contribution >= 4 is 11.9 Å². The van der Waals surface area contributed by atoms with Crippen molar-refractivity contribution in [2.75, 3.05) is 13.2 Å². The number of rotatable bonds is 10. The molecule has 0 aliphatic rings. The molecule has 0 fully saturated rings. The molecular weight excluding hydrogens is 234 g/mol. The Labute approximate surface area is 109 Å². The molecule has 0 spiro atoms. The summed E-state index contributed by atoms with van der Waals surface area (Å²) in [7, 11) is 0. The van der Waals surface area contributed by atoms with E-state index in [0.29, 0.717) is 25.8 Å². The summed E-state index contributed by atoms with van der Waals surface area (Å²) < 4.78 is 0. The highest BCUT2D eigenvalue weighted by Crippen LogP contribution is 2.12. The van der Waals surface area contributed by atoms with Gasteiger partial charge in [-0.25, -0.2) is 0 Å². The van der Waals surface area contributed by atoms with Crippen LogP contribution in [0.3, 0.4) is 0 Å². The van der Waals surface area contributed by atoms with E-state index in [0.717, 1.165) is 12.8 Å². The Bertz CT molecular complexity index is 251. The Morgan fingerprint density at radius 1 is 1.11 bits per heavy atom. The third-order valence-corrected chi connectivity index (χ3v) is 3.08. The normalized spacial score (nSPS) is 10.7. The molecule has 18 heavy (non-hydrogen) atoms. The number of unbranched alkanes of at least 4 members (excludes halogenated alkanes) is 1. The second kappa shape index (κ2) is 9.88. The van der Waals surface area contributed by atoms with E-state index in [1.54, 1.807) is 4.90 Å². The number of amides is 1. The lowest BCUT2D eigenvalue weighted by Gasteiger charge is -2.30. The summed E-state index contributed by atoms with van der Waals surface area (Å²) in [6, 6.07) is 0.170. The number of aliphatic carboxylic acids is 1. The first-order valence-corrected chi connectivity index (χ1v) is 6.68. The number of aliphatic hydroxyl groups excluding tert-OH is 1. The molecule has 106 valence electrons. The van der Waals surface area contributed by atoms with Crippen molar-refractivity contribution in [3.8, 4) is 0 Å². The highest BCUT2D eigenvalue weighted by molar-refractivity contribution is 5.76. The van der Waals surface area contributed by atoms with Crippen molar-refractivity contribution in [2.24, 2.45) is 0 Å². The average molecular weight is 259 g/mol. The molecule has 5 heteroatoms. The summed E-state index contributed by atoms with van der Waals surface area (Å²) in [4.78, 5) is 24.1. The lowest BCUT2D eigenvalue weighted by Crippen LogP contribution is -2.41. The Hall–Kier alpha value is -1.10. The zero-order chi connectivity index (χ0) is 14.0. The van der Waals surface area contributed by atoms with Gasteiger partial charge in [0.25, 0.3) is 0 Å². The molecule has 0 atom stereocenters. The summed E-state index contributed by atoms with van der Waals surface area (Å²) in [5, 5.41) is 17.5. The van der Waals surface area contributed by atoms with Crippen LogP contribution in [0.15, 0.2) is 0 Å². The van der Waals surface area contributed by atoms with Gasteiger partial charge in [0.1, 0.15) is 0 Å². The smallest absolute Gasteiger partial charge is 0.303 e. The Morgan fingerprint density at radius 3 is 2.11 bits per heavy atom. The van der Waals surface area contributed by atoms with Crippen LogP contribution in [-0.4, -0.2) is 46.2 Å². The summed E-state index contributed by atoms with van der Waals surface area (Å²) >= 11 is 0. The minimum Gasteiger partial charge on any atom is -0.481 e. The van der Waals surface area contributed by atoms with Gasteiger partial charge in [0.15, 0.2) is 0 Å². The van der Waals surface area contributed by atoms with Crippen LogP contribution in [0.4, 0.5) is 0 Å². The van der Waals surface area contributed by atoms with Gasteiger partial charge in [-0.05, 0) is 25.7 Å². The molecular formula is C13H25NO4. The number of carboxylic acids is 1. The molecule has 0 aromatic rings. The lowest BCUT2D eigenvalue weighted by atomic mass is 10.1. The first-order valence-electron chi connectivity index (χ1n) is 6.68. The SMILES string of the molecule is CCC(CC)N(CCO)C(=O)CCCCC(=O)O. The molecule has 2 N–H and O–H groups in total. The van der Waals surface area contributed by atoms with Crippen molar-refractivity contribution in [3.05, 3.63) is 0 Å². The second-order valence-electron chi connectivity index (χ2n) is 4.38. The molecule has 0 radical (unpaired) electrons. The number of carbonyl (C=O) groups is 2. The Balaban J connectivity index is 4.17. The first kappa shape index (κ1) is 16.9. The summed E-state index contributed by atoms with van der Waals surface area (Å²) in [5.74, 6) is -0.808. The third kappa shape index (κ3) is 6.59. The van der Waals surface area contributed by atoms with Crippen molar-refractivity contribution in [3.63, 3.8) is 0 Å². The van der Waals surface area contributed by atoms with Gasteiger partial charge in [0, 0.05) is 25.4 Å². The van der Waals surface area contributed by atoms with E-state index in [2.05, 4.69) is 0 Å². The number of nitrogens with zero attached hydrogens (tertiary/aromatic N) is 1. The third-order valence-electron chi connectivity index (χ3n) is 3.08. The molecule has 0 aromatic carbocycles. The molecule has 0 rings (SSSR count). The minimum absolute atomic E-state index is 0.0168. The molecule has 0 heterocycles. The van der Waals surface area contributed by atoms with Gasteiger partial charge in [-0.15, -0.1) is 0 Å². The second-order valence-corrected chi connectivity index (χ2v) is 4.38. The lowest BCUT2D eigenvalue weighted by molar-refractivity contribution is -0.138. The molecule has 0 saturated carbocycles. The number of hydrogen-bond donors (Lipinski definition) is 2. The molecule has 0 bridgehead atoms. The van der Waals surface area contributed by atoms with Crippen molar-refractivity contribution in [1.82, 2.24) is 4.90 Å². The summed E-state index contributed by atoms with van der Waals surface area (Å²) in [5.41, 5.74) is 0. The Morgan fingerprint density at radius 2 is 1.67 bits per heavy atom. The van der Waals surface area contributed by atoms with Gasteiger partial charge in [0.05, 0.1) is 6.61 Å². The van der Waals surface area contributed by atoms with Crippen molar-refractivity contribution < 1.29 is 19.8 Å². The molecule has 0 aliphatic heterocycles. The van der Waals surface area contributed by atoms with Gasteiger partial charge in [-0.1, -0.05) is 13.8 Å². The van der Waals surface area contributed by atoms with E-state index in [-0.39, 0.29) is 25.0 Å². The minimum atomic E-state index is -0.824. The summed E-state index contributed by atoms with van der Waals surface area (Å²) in [6.45, 7) is 4.38. The molecule has 0 aliphatic carbocycles. The van der Waals surface area contributed by atoms with E-state index in [1.807, 2.05) is 13.8 Å². The van der Waals surface area contributed by atoms with E-state index in [9.17, 15) is 9.59 Å².